The minimum absolute atomic E-state index is 0.222. The second-order valence-corrected chi connectivity index (χ2v) is 6.29. The van der Waals surface area contributed by atoms with Gasteiger partial charge in [-0.2, -0.15) is 0 Å². The largest absolute Gasteiger partial charge is 0.454 e. The van der Waals surface area contributed by atoms with Crippen LogP contribution >= 0.6 is 0 Å². The molecule has 2 aliphatic heterocycles. The summed E-state index contributed by atoms with van der Waals surface area (Å²) in [5.74, 6) is 1.30. The van der Waals surface area contributed by atoms with E-state index in [1.807, 2.05) is 17.0 Å². The van der Waals surface area contributed by atoms with Crippen molar-refractivity contribution in [3.05, 3.63) is 36.4 Å². The topological polar surface area (TPSA) is 83.1 Å². The summed E-state index contributed by atoms with van der Waals surface area (Å²) in [5.41, 5.74) is 1.18. The van der Waals surface area contributed by atoms with Crippen molar-refractivity contribution in [2.24, 2.45) is 0 Å². The third kappa shape index (κ3) is 4.96. The van der Waals surface area contributed by atoms with Gasteiger partial charge in [-0.1, -0.05) is 12.1 Å². The normalized spacial score (nSPS) is 16.9. The van der Waals surface area contributed by atoms with Crippen LogP contribution in [0, 0.1) is 0 Å². The van der Waals surface area contributed by atoms with Crippen molar-refractivity contribution in [1.82, 2.24) is 20.4 Å². The van der Waals surface area contributed by atoms with Crippen molar-refractivity contribution in [3.8, 4) is 11.5 Å². The van der Waals surface area contributed by atoms with E-state index >= 15 is 0 Å². The standard InChI is InChI=1S/C18H24N4O4/c1-2-5-19-18(24)20-17(23)12-22-8-6-21(7-9-22)11-14-3-4-15-16(10-14)26-13-25-15/h2-4,10H,1,5-9,11-13H2,(H2,19,20,23,24). The van der Waals surface area contributed by atoms with E-state index in [0.29, 0.717) is 6.54 Å². The summed E-state index contributed by atoms with van der Waals surface area (Å²) >= 11 is 0. The molecule has 1 saturated heterocycles. The van der Waals surface area contributed by atoms with Crippen LogP contribution in [0.15, 0.2) is 30.9 Å². The first kappa shape index (κ1) is 18.2. The maximum Gasteiger partial charge on any atom is 0.321 e. The molecule has 0 aliphatic carbocycles. The van der Waals surface area contributed by atoms with Gasteiger partial charge in [0.15, 0.2) is 11.5 Å². The van der Waals surface area contributed by atoms with Gasteiger partial charge in [-0.15, -0.1) is 6.58 Å². The summed E-state index contributed by atoms with van der Waals surface area (Å²) in [4.78, 5) is 27.7. The molecule has 8 heteroatoms. The summed E-state index contributed by atoms with van der Waals surface area (Å²) in [5, 5.41) is 4.84. The zero-order chi connectivity index (χ0) is 18.4. The van der Waals surface area contributed by atoms with E-state index < -0.39 is 6.03 Å². The predicted octanol–water partition coefficient (Wildman–Crippen LogP) is 0.545. The minimum Gasteiger partial charge on any atom is -0.454 e. The molecule has 0 unspecified atom stereocenters. The number of carbonyl (C=O) groups is 2. The number of amides is 3. The van der Waals surface area contributed by atoms with Crippen molar-refractivity contribution in [3.63, 3.8) is 0 Å². The van der Waals surface area contributed by atoms with Gasteiger partial charge in [-0.25, -0.2) is 4.79 Å². The maximum atomic E-state index is 11.9. The summed E-state index contributed by atoms with van der Waals surface area (Å²) in [6.45, 7) is 8.47. The fourth-order valence-corrected chi connectivity index (χ4v) is 2.98. The number of carbonyl (C=O) groups excluding carboxylic acids is 2. The fourth-order valence-electron chi connectivity index (χ4n) is 2.98. The second-order valence-electron chi connectivity index (χ2n) is 6.29. The molecule has 1 aromatic rings. The van der Waals surface area contributed by atoms with Crippen LogP contribution in [-0.4, -0.2) is 67.8 Å². The highest BCUT2D eigenvalue weighted by atomic mass is 16.7. The number of benzene rings is 1. The molecule has 0 bridgehead atoms. The Labute approximate surface area is 152 Å². The van der Waals surface area contributed by atoms with Crippen LogP contribution in [0.25, 0.3) is 0 Å². The smallest absolute Gasteiger partial charge is 0.321 e. The lowest BCUT2D eigenvalue weighted by molar-refractivity contribution is -0.121. The van der Waals surface area contributed by atoms with E-state index in [1.165, 1.54) is 5.56 Å². The molecule has 0 spiro atoms. The average molecular weight is 360 g/mol. The SMILES string of the molecule is C=CCNC(=O)NC(=O)CN1CCN(Cc2ccc3c(c2)OCO3)CC1. The van der Waals surface area contributed by atoms with Gasteiger partial charge < -0.3 is 14.8 Å². The molecule has 0 saturated carbocycles. The number of nitrogens with one attached hydrogen (secondary N) is 2. The highest BCUT2D eigenvalue weighted by Gasteiger charge is 2.21. The van der Waals surface area contributed by atoms with Crippen molar-refractivity contribution in [2.45, 2.75) is 6.54 Å². The molecule has 2 N–H and O–H groups in total. The van der Waals surface area contributed by atoms with Crippen LogP contribution in [0.5, 0.6) is 11.5 Å². The first-order valence-electron chi connectivity index (χ1n) is 8.66. The van der Waals surface area contributed by atoms with Gasteiger partial charge >= 0.3 is 6.03 Å². The molecule has 26 heavy (non-hydrogen) atoms. The van der Waals surface area contributed by atoms with E-state index in [9.17, 15) is 9.59 Å². The van der Waals surface area contributed by atoms with Gasteiger partial charge in [0.25, 0.3) is 0 Å². The molecule has 3 amide bonds. The number of urea groups is 1. The predicted molar refractivity (Wildman–Crippen MR) is 96.0 cm³/mol. The van der Waals surface area contributed by atoms with Crippen molar-refractivity contribution in [2.75, 3.05) is 46.1 Å². The lowest BCUT2D eigenvalue weighted by atomic mass is 10.1. The molecule has 8 nitrogen and oxygen atoms in total. The molecular weight excluding hydrogens is 336 g/mol. The lowest BCUT2D eigenvalue weighted by Crippen LogP contribution is -2.50. The van der Waals surface area contributed by atoms with Gasteiger partial charge in [0.1, 0.15) is 0 Å². The first-order chi connectivity index (χ1) is 12.6. The van der Waals surface area contributed by atoms with Crippen LogP contribution in [0.2, 0.25) is 0 Å². The molecule has 0 atom stereocenters. The molecular formula is C18H24N4O4. The molecule has 1 aromatic carbocycles. The highest BCUT2D eigenvalue weighted by molar-refractivity contribution is 5.95. The number of imide groups is 1. The monoisotopic (exact) mass is 360 g/mol. The molecule has 0 aromatic heterocycles. The van der Waals surface area contributed by atoms with Crippen LogP contribution in [0.4, 0.5) is 4.79 Å². The van der Waals surface area contributed by atoms with E-state index in [2.05, 4.69) is 28.2 Å². The zero-order valence-corrected chi connectivity index (χ0v) is 14.7. The summed E-state index contributed by atoms with van der Waals surface area (Å²) in [7, 11) is 0. The average Bonchev–Trinajstić information content (AvgIpc) is 3.09. The van der Waals surface area contributed by atoms with E-state index in [0.717, 1.165) is 44.2 Å². The number of fused-ring (bicyclic) bond motifs is 1. The van der Waals surface area contributed by atoms with Gasteiger partial charge in [0.05, 0.1) is 6.54 Å². The lowest BCUT2D eigenvalue weighted by Gasteiger charge is -2.34. The number of hydrogen-bond acceptors (Lipinski definition) is 6. The Kier molecular flexibility index (Phi) is 6.08. The number of hydrogen-bond donors (Lipinski definition) is 2. The Balaban J connectivity index is 1.39. The number of piperazine rings is 1. The van der Waals surface area contributed by atoms with E-state index in [1.54, 1.807) is 6.08 Å². The fraction of sp³-hybridized carbons (Fsp3) is 0.444. The Hall–Kier alpha value is -2.58. The summed E-state index contributed by atoms with van der Waals surface area (Å²) < 4.78 is 10.7. The van der Waals surface area contributed by atoms with Crippen LogP contribution in [-0.2, 0) is 11.3 Å². The van der Waals surface area contributed by atoms with Gasteiger partial charge in [0, 0.05) is 39.3 Å². The minimum atomic E-state index is -0.489. The number of rotatable bonds is 6. The van der Waals surface area contributed by atoms with Crippen LogP contribution in [0.3, 0.4) is 0 Å². The molecule has 0 radical (unpaired) electrons. The second kappa shape index (κ2) is 8.68. The molecule has 2 heterocycles. The van der Waals surface area contributed by atoms with Gasteiger partial charge in [-0.05, 0) is 17.7 Å². The third-order valence-electron chi connectivity index (χ3n) is 4.34. The van der Waals surface area contributed by atoms with Crippen LogP contribution < -0.4 is 20.1 Å². The van der Waals surface area contributed by atoms with Gasteiger partial charge in [-0.3, -0.25) is 19.9 Å². The van der Waals surface area contributed by atoms with Crippen molar-refractivity contribution >= 4 is 11.9 Å². The Morgan fingerprint density at radius 2 is 1.85 bits per heavy atom. The van der Waals surface area contributed by atoms with E-state index in [-0.39, 0.29) is 19.2 Å². The summed E-state index contributed by atoms with van der Waals surface area (Å²) in [6, 6.07) is 5.52. The third-order valence-corrected chi connectivity index (χ3v) is 4.34. The Morgan fingerprint density at radius 1 is 1.12 bits per heavy atom. The highest BCUT2D eigenvalue weighted by Crippen LogP contribution is 2.32. The first-order valence-corrected chi connectivity index (χ1v) is 8.66. The Bertz CT molecular complexity index is 671. The molecule has 1 fully saturated rings. The van der Waals surface area contributed by atoms with Crippen molar-refractivity contribution < 1.29 is 19.1 Å². The molecule has 140 valence electrons. The number of nitrogens with zero attached hydrogens (tertiary/aromatic N) is 2. The molecule has 3 rings (SSSR count). The quantitative estimate of drug-likeness (QED) is 0.721. The number of ether oxygens (including phenoxy) is 2. The molecule has 2 aliphatic rings. The van der Waals surface area contributed by atoms with Crippen LogP contribution in [0.1, 0.15) is 5.56 Å². The maximum absolute atomic E-state index is 11.9. The zero-order valence-electron chi connectivity index (χ0n) is 14.7. The van der Waals surface area contributed by atoms with E-state index in [4.69, 9.17) is 9.47 Å². The van der Waals surface area contributed by atoms with Gasteiger partial charge in [0.2, 0.25) is 12.7 Å². The van der Waals surface area contributed by atoms with Crippen molar-refractivity contribution in [1.29, 1.82) is 0 Å². The Morgan fingerprint density at radius 3 is 2.62 bits per heavy atom. The summed E-state index contributed by atoms with van der Waals surface area (Å²) in [6.07, 6.45) is 1.56.